The van der Waals surface area contributed by atoms with Crippen molar-refractivity contribution in [1.82, 2.24) is 10.6 Å². The summed E-state index contributed by atoms with van der Waals surface area (Å²) in [5.74, 6) is -0.177. The number of halogens is 1. The Labute approximate surface area is 84.5 Å². The number of rotatable bonds is 6. The molecule has 0 atom stereocenters. The fourth-order valence-corrected chi connectivity index (χ4v) is 1.23. The van der Waals surface area contributed by atoms with Gasteiger partial charge in [-0.05, 0) is 44.3 Å². The molecule has 0 bridgehead atoms. The molecule has 0 aliphatic carbocycles. The number of nitrogens with one attached hydrogen (secondary N) is 2. The summed E-state index contributed by atoms with van der Waals surface area (Å²) in [6.07, 6.45) is 1.11. The average molecular weight is 196 g/mol. The molecule has 2 nitrogen and oxygen atoms in total. The Kier molecular flexibility index (Phi) is 5.19. The van der Waals surface area contributed by atoms with Crippen molar-refractivity contribution >= 4 is 0 Å². The van der Waals surface area contributed by atoms with Gasteiger partial charge >= 0.3 is 0 Å². The van der Waals surface area contributed by atoms with Crippen molar-refractivity contribution in [2.24, 2.45) is 0 Å². The molecule has 1 rings (SSSR count). The van der Waals surface area contributed by atoms with E-state index in [-0.39, 0.29) is 5.82 Å². The highest BCUT2D eigenvalue weighted by molar-refractivity contribution is 5.15. The standard InChI is InChI=1S/C11H17FN2/c1-13-7-2-8-14-9-10-3-5-11(12)6-4-10/h3-6,13-14H,2,7-9H2,1H3. The molecule has 1 aromatic rings. The van der Waals surface area contributed by atoms with Crippen LogP contribution in [0.15, 0.2) is 24.3 Å². The van der Waals surface area contributed by atoms with Crippen molar-refractivity contribution in [2.75, 3.05) is 20.1 Å². The molecule has 0 saturated carbocycles. The molecule has 3 heteroatoms. The molecule has 78 valence electrons. The molecule has 0 spiro atoms. The van der Waals surface area contributed by atoms with Gasteiger partial charge in [0.2, 0.25) is 0 Å². The molecule has 0 saturated heterocycles. The molecule has 0 unspecified atom stereocenters. The van der Waals surface area contributed by atoms with Crippen molar-refractivity contribution in [3.05, 3.63) is 35.6 Å². The SMILES string of the molecule is CNCCCNCc1ccc(F)cc1. The van der Waals surface area contributed by atoms with Gasteiger partial charge in [0.25, 0.3) is 0 Å². The zero-order valence-corrected chi connectivity index (χ0v) is 8.52. The van der Waals surface area contributed by atoms with E-state index in [4.69, 9.17) is 0 Å². The van der Waals surface area contributed by atoms with Gasteiger partial charge in [0.1, 0.15) is 5.82 Å². The van der Waals surface area contributed by atoms with E-state index in [0.29, 0.717) is 0 Å². The minimum atomic E-state index is -0.177. The first-order valence-electron chi connectivity index (χ1n) is 4.92. The molecule has 0 heterocycles. The highest BCUT2D eigenvalue weighted by atomic mass is 19.1. The predicted molar refractivity (Wildman–Crippen MR) is 56.7 cm³/mol. The first-order chi connectivity index (χ1) is 6.83. The van der Waals surface area contributed by atoms with Gasteiger partial charge < -0.3 is 10.6 Å². The summed E-state index contributed by atoms with van der Waals surface area (Å²) >= 11 is 0. The first kappa shape index (κ1) is 11.1. The maximum absolute atomic E-state index is 12.5. The van der Waals surface area contributed by atoms with Gasteiger partial charge in [-0.3, -0.25) is 0 Å². The second-order valence-corrected chi connectivity index (χ2v) is 3.26. The van der Waals surface area contributed by atoms with E-state index in [0.717, 1.165) is 31.6 Å². The summed E-state index contributed by atoms with van der Waals surface area (Å²) in [6.45, 7) is 2.82. The van der Waals surface area contributed by atoms with Gasteiger partial charge in [0.05, 0.1) is 0 Å². The van der Waals surface area contributed by atoms with Crippen molar-refractivity contribution in [3.8, 4) is 0 Å². The number of hydrogen-bond acceptors (Lipinski definition) is 2. The van der Waals surface area contributed by atoms with Gasteiger partial charge in [-0.2, -0.15) is 0 Å². The van der Waals surface area contributed by atoms with Crippen LogP contribution in [-0.4, -0.2) is 20.1 Å². The fourth-order valence-electron chi connectivity index (χ4n) is 1.23. The summed E-state index contributed by atoms with van der Waals surface area (Å²) in [4.78, 5) is 0. The van der Waals surface area contributed by atoms with E-state index >= 15 is 0 Å². The second-order valence-electron chi connectivity index (χ2n) is 3.26. The van der Waals surface area contributed by atoms with Crippen LogP contribution in [0.25, 0.3) is 0 Å². The molecule has 0 aliphatic heterocycles. The summed E-state index contributed by atoms with van der Waals surface area (Å²) < 4.78 is 12.5. The van der Waals surface area contributed by atoms with Crippen molar-refractivity contribution in [3.63, 3.8) is 0 Å². The maximum atomic E-state index is 12.5. The van der Waals surface area contributed by atoms with E-state index in [1.54, 1.807) is 12.1 Å². The van der Waals surface area contributed by atoms with Crippen LogP contribution in [0.2, 0.25) is 0 Å². The third-order valence-corrected chi connectivity index (χ3v) is 2.02. The molecule has 1 aromatic carbocycles. The van der Waals surface area contributed by atoms with E-state index in [1.807, 2.05) is 7.05 Å². The largest absolute Gasteiger partial charge is 0.320 e. The van der Waals surface area contributed by atoms with Gasteiger partial charge in [-0.1, -0.05) is 12.1 Å². The Morgan fingerprint density at radius 2 is 1.86 bits per heavy atom. The molecular formula is C11H17FN2. The Hall–Kier alpha value is -0.930. The Bertz CT molecular complexity index is 246. The monoisotopic (exact) mass is 196 g/mol. The molecule has 0 radical (unpaired) electrons. The van der Waals surface area contributed by atoms with Crippen molar-refractivity contribution in [1.29, 1.82) is 0 Å². The highest BCUT2D eigenvalue weighted by Crippen LogP contribution is 2.01. The van der Waals surface area contributed by atoms with Gasteiger partial charge in [0, 0.05) is 6.54 Å². The summed E-state index contributed by atoms with van der Waals surface area (Å²) in [5.41, 5.74) is 1.12. The van der Waals surface area contributed by atoms with Crippen LogP contribution in [0, 0.1) is 5.82 Å². The van der Waals surface area contributed by atoms with E-state index in [2.05, 4.69) is 10.6 Å². The lowest BCUT2D eigenvalue weighted by Crippen LogP contribution is -2.19. The third kappa shape index (κ3) is 4.35. The van der Waals surface area contributed by atoms with Crippen molar-refractivity contribution in [2.45, 2.75) is 13.0 Å². The highest BCUT2D eigenvalue weighted by Gasteiger charge is 1.92. The van der Waals surface area contributed by atoms with Gasteiger partial charge in [-0.25, -0.2) is 4.39 Å². The average Bonchev–Trinajstić information content (AvgIpc) is 2.21. The molecule has 0 fully saturated rings. The first-order valence-corrected chi connectivity index (χ1v) is 4.92. The lowest BCUT2D eigenvalue weighted by molar-refractivity contribution is 0.616. The predicted octanol–water partition coefficient (Wildman–Crippen LogP) is 1.52. The maximum Gasteiger partial charge on any atom is 0.123 e. The topological polar surface area (TPSA) is 24.1 Å². The molecule has 0 aromatic heterocycles. The van der Waals surface area contributed by atoms with Crippen LogP contribution in [0.4, 0.5) is 4.39 Å². The van der Waals surface area contributed by atoms with Gasteiger partial charge in [0.15, 0.2) is 0 Å². The van der Waals surface area contributed by atoms with Crippen LogP contribution < -0.4 is 10.6 Å². The summed E-state index contributed by atoms with van der Waals surface area (Å²) in [6, 6.07) is 6.59. The van der Waals surface area contributed by atoms with E-state index in [9.17, 15) is 4.39 Å². The molecule has 2 N–H and O–H groups in total. The Morgan fingerprint density at radius 1 is 1.14 bits per heavy atom. The number of hydrogen-bond donors (Lipinski definition) is 2. The van der Waals surface area contributed by atoms with Crippen LogP contribution in [-0.2, 0) is 6.54 Å². The van der Waals surface area contributed by atoms with Crippen LogP contribution in [0.1, 0.15) is 12.0 Å². The number of benzene rings is 1. The minimum absolute atomic E-state index is 0.177. The smallest absolute Gasteiger partial charge is 0.123 e. The Balaban J connectivity index is 2.15. The molecule has 0 aliphatic rings. The second kappa shape index (κ2) is 6.51. The molecular weight excluding hydrogens is 179 g/mol. The minimum Gasteiger partial charge on any atom is -0.320 e. The summed E-state index contributed by atoms with van der Waals surface area (Å²) in [5, 5.41) is 6.38. The van der Waals surface area contributed by atoms with E-state index < -0.39 is 0 Å². The van der Waals surface area contributed by atoms with Crippen LogP contribution in [0.5, 0.6) is 0 Å². The van der Waals surface area contributed by atoms with Crippen molar-refractivity contribution < 1.29 is 4.39 Å². The van der Waals surface area contributed by atoms with Crippen LogP contribution >= 0.6 is 0 Å². The van der Waals surface area contributed by atoms with E-state index in [1.165, 1.54) is 12.1 Å². The third-order valence-electron chi connectivity index (χ3n) is 2.02. The molecule has 14 heavy (non-hydrogen) atoms. The zero-order valence-electron chi connectivity index (χ0n) is 8.52. The van der Waals surface area contributed by atoms with Gasteiger partial charge in [-0.15, -0.1) is 0 Å². The van der Waals surface area contributed by atoms with Crippen LogP contribution in [0.3, 0.4) is 0 Å². The lowest BCUT2D eigenvalue weighted by Gasteiger charge is -2.04. The zero-order chi connectivity index (χ0) is 10.2. The summed E-state index contributed by atoms with van der Waals surface area (Å²) in [7, 11) is 1.94. The normalized spacial score (nSPS) is 10.4. The molecule has 0 amide bonds. The quantitative estimate of drug-likeness (QED) is 0.674. The lowest BCUT2D eigenvalue weighted by atomic mass is 10.2. The Morgan fingerprint density at radius 3 is 2.50 bits per heavy atom. The fraction of sp³-hybridized carbons (Fsp3) is 0.455.